The predicted molar refractivity (Wildman–Crippen MR) is 66.0 cm³/mol. The second-order valence-electron chi connectivity index (χ2n) is 4.36. The number of aromatic nitrogens is 2. The van der Waals surface area contributed by atoms with E-state index in [2.05, 4.69) is 20.6 Å². The first-order chi connectivity index (χ1) is 8.19. The molecule has 0 saturated heterocycles. The van der Waals surface area contributed by atoms with Crippen LogP contribution in [0.25, 0.3) is 0 Å². The molecule has 92 valence electrons. The Labute approximate surface area is 101 Å². The monoisotopic (exact) mass is 234 g/mol. The van der Waals surface area contributed by atoms with E-state index in [0.29, 0.717) is 24.1 Å². The molecule has 2 rings (SSSR count). The smallest absolute Gasteiger partial charge is 0.270 e. The molecule has 0 aliphatic heterocycles. The van der Waals surface area contributed by atoms with Crippen LogP contribution < -0.4 is 10.6 Å². The topological polar surface area (TPSA) is 66.9 Å². The number of hydrogen-bond acceptors (Lipinski definition) is 4. The first kappa shape index (κ1) is 11.8. The summed E-state index contributed by atoms with van der Waals surface area (Å²) in [5.74, 6) is 1.25. The Kier molecular flexibility index (Phi) is 3.56. The summed E-state index contributed by atoms with van der Waals surface area (Å²) >= 11 is 0. The molecule has 5 nitrogen and oxygen atoms in total. The maximum atomic E-state index is 11.8. The second-order valence-corrected chi connectivity index (χ2v) is 4.36. The van der Waals surface area contributed by atoms with Gasteiger partial charge in [-0.3, -0.25) is 4.79 Å². The van der Waals surface area contributed by atoms with Gasteiger partial charge in [0.2, 0.25) is 0 Å². The maximum absolute atomic E-state index is 11.8. The molecule has 0 spiro atoms. The van der Waals surface area contributed by atoms with Crippen LogP contribution in [0.4, 0.5) is 5.82 Å². The molecule has 1 aliphatic rings. The average molecular weight is 234 g/mol. The third kappa shape index (κ3) is 3.41. The molecular weight excluding hydrogens is 216 g/mol. The van der Waals surface area contributed by atoms with Gasteiger partial charge >= 0.3 is 0 Å². The summed E-state index contributed by atoms with van der Waals surface area (Å²) in [6, 6.07) is 2.24. The van der Waals surface area contributed by atoms with Gasteiger partial charge in [-0.2, -0.15) is 0 Å². The summed E-state index contributed by atoms with van der Waals surface area (Å²) in [5, 5.41) is 6.09. The van der Waals surface area contributed by atoms with E-state index in [9.17, 15) is 4.79 Å². The predicted octanol–water partition coefficient (Wildman–Crippen LogP) is 1.50. The summed E-state index contributed by atoms with van der Waals surface area (Å²) in [6.45, 7) is 4.49. The van der Waals surface area contributed by atoms with E-state index in [-0.39, 0.29) is 5.91 Å². The SMILES string of the molecule is CCCNC(=O)c1cc(NC2CC2)nc(C)n1. The van der Waals surface area contributed by atoms with Crippen LogP contribution in [0.1, 0.15) is 42.5 Å². The molecule has 0 bridgehead atoms. The van der Waals surface area contributed by atoms with Gasteiger partial charge < -0.3 is 10.6 Å². The first-order valence-corrected chi connectivity index (χ1v) is 6.09. The Morgan fingerprint density at radius 1 is 1.47 bits per heavy atom. The molecule has 0 unspecified atom stereocenters. The highest BCUT2D eigenvalue weighted by molar-refractivity contribution is 5.92. The number of nitrogens with one attached hydrogen (secondary N) is 2. The lowest BCUT2D eigenvalue weighted by molar-refractivity contribution is 0.0948. The lowest BCUT2D eigenvalue weighted by atomic mass is 10.3. The minimum Gasteiger partial charge on any atom is -0.367 e. The minimum atomic E-state index is -0.129. The first-order valence-electron chi connectivity index (χ1n) is 6.09. The third-order valence-electron chi connectivity index (χ3n) is 2.54. The molecule has 0 aromatic carbocycles. The van der Waals surface area contributed by atoms with Gasteiger partial charge in [0.15, 0.2) is 0 Å². The van der Waals surface area contributed by atoms with Crippen molar-refractivity contribution >= 4 is 11.7 Å². The lowest BCUT2D eigenvalue weighted by Crippen LogP contribution is -2.25. The number of nitrogens with zero attached hydrogens (tertiary/aromatic N) is 2. The van der Waals surface area contributed by atoms with Crippen molar-refractivity contribution in [3.05, 3.63) is 17.6 Å². The Morgan fingerprint density at radius 2 is 2.24 bits per heavy atom. The van der Waals surface area contributed by atoms with E-state index in [1.54, 1.807) is 13.0 Å². The Morgan fingerprint density at radius 3 is 2.88 bits per heavy atom. The molecule has 0 atom stereocenters. The van der Waals surface area contributed by atoms with Crippen LogP contribution in [-0.2, 0) is 0 Å². The zero-order valence-electron chi connectivity index (χ0n) is 10.3. The van der Waals surface area contributed by atoms with Gasteiger partial charge in [0, 0.05) is 18.7 Å². The Bertz CT molecular complexity index is 415. The van der Waals surface area contributed by atoms with Crippen LogP contribution in [0.3, 0.4) is 0 Å². The van der Waals surface area contributed by atoms with Crippen LogP contribution >= 0.6 is 0 Å². The van der Waals surface area contributed by atoms with Crippen molar-refractivity contribution in [2.75, 3.05) is 11.9 Å². The van der Waals surface area contributed by atoms with Crippen molar-refractivity contribution < 1.29 is 4.79 Å². The molecule has 5 heteroatoms. The van der Waals surface area contributed by atoms with Crippen molar-refractivity contribution in [3.8, 4) is 0 Å². The van der Waals surface area contributed by atoms with Crippen LogP contribution in [0.2, 0.25) is 0 Å². The van der Waals surface area contributed by atoms with Gasteiger partial charge in [-0.05, 0) is 26.2 Å². The van der Waals surface area contributed by atoms with Crippen LogP contribution in [-0.4, -0.2) is 28.5 Å². The minimum absolute atomic E-state index is 0.129. The van der Waals surface area contributed by atoms with Crippen molar-refractivity contribution in [1.29, 1.82) is 0 Å². The number of carbonyl (C=O) groups is 1. The van der Waals surface area contributed by atoms with E-state index in [1.807, 2.05) is 6.92 Å². The molecule has 1 fully saturated rings. The fourth-order valence-electron chi connectivity index (χ4n) is 1.52. The molecule has 1 heterocycles. The van der Waals surface area contributed by atoms with Crippen molar-refractivity contribution in [3.63, 3.8) is 0 Å². The Balaban J connectivity index is 2.09. The van der Waals surface area contributed by atoms with E-state index in [1.165, 1.54) is 12.8 Å². The maximum Gasteiger partial charge on any atom is 0.270 e. The number of aryl methyl sites for hydroxylation is 1. The molecule has 17 heavy (non-hydrogen) atoms. The van der Waals surface area contributed by atoms with Gasteiger partial charge in [0.05, 0.1) is 0 Å². The molecule has 0 radical (unpaired) electrons. The van der Waals surface area contributed by atoms with Gasteiger partial charge in [0.1, 0.15) is 17.3 Å². The largest absolute Gasteiger partial charge is 0.367 e. The van der Waals surface area contributed by atoms with E-state index >= 15 is 0 Å². The number of anilines is 1. The van der Waals surface area contributed by atoms with Crippen LogP contribution in [0.5, 0.6) is 0 Å². The molecule has 1 saturated carbocycles. The van der Waals surface area contributed by atoms with E-state index < -0.39 is 0 Å². The number of rotatable bonds is 5. The summed E-state index contributed by atoms with van der Waals surface area (Å²) in [7, 11) is 0. The highest BCUT2D eigenvalue weighted by atomic mass is 16.1. The molecule has 1 aromatic heterocycles. The average Bonchev–Trinajstić information content (AvgIpc) is 3.09. The number of amides is 1. The quantitative estimate of drug-likeness (QED) is 0.810. The van der Waals surface area contributed by atoms with Gasteiger partial charge in [-0.15, -0.1) is 0 Å². The highest BCUT2D eigenvalue weighted by Gasteiger charge is 2.22. The summed E-state index contributed by atoms with van der Waals surface area (Å²) < 4.78 is 0. The molecule has 2 N–H and O–H groups in total. The summed E-state index contributed by atoms with van der Waals surface area (Å²) in [5.41, 5.74) is 0.439. The van der Waals surface area contributed by atoms with Crippen molar-refractivity contribution in [2.45, 2.75) is 39.2 Å². The van der Waals surface area contributed by atoms with E-state index in [0.717, 1.165) is 12.2 Å². The fourth-order valence-corrected chi connectivity index (χ4v) is 1.52. The standard InChI is InChI=1S/C12H18N4O/c1-3-6-13-12(17)10-7-11(15-8(2)14-10)16-9-4-5-9/h7,9H,3-6H2,1-2H3,(H,13,17)(H,14,15,16). The van der Waals surface area contributed by atoms with Crippen molar-refractivity contribution in [2.24, 2.45) is 0 Å². The summed E-state index contributed by atoms with van der Waals surface area (Å²) in [4.78, 5) is 20.2. The normalized spacial score (nSPS) is 14.5. The zero-order valence-corrected chi connectivity index (χ0v) is 10.3. The summed E-state index contributed by atoms with van der Waals surface area (Å²) in [6.07, 6.45) is 3.28. The second kappa shape index (κ2) is 5.12. The fraction of sp³-hybridized carbons (Fsp3) is 0.583. The molecular formula is C12H18N4O. The van der Waals surface area contributed by atoms with Gasteiger partial charge in [0.25, 0.3) is 5.91 Å². The van der Waals surface area contributed by atoms with Crippen LogP contribution in [0.15, 0.2) is 6.07 Å². The Hall–Kier alpha value is -1.65. The number of carbonyl (C=O) groups excluding carboxylic acids is 1. The number of hydrogen-bond donors (Lipinski definition) is 2. The molecule has 1 aromatic rings. The third-order valence-corrected chi connectivity index (χ3v) is 2.54. The van der Waals surface area contributed by atoms with Gasteiger partial charge in [-0.1, -0.05) is 6.92 Å². The molecule has 1 amide bonds. The van der Waals surface area contributed by atoms with Crippen molar-refractivity contribution in [1.82, 2.24) is 15.3 Å². The zero-order chi connectivity index (χ0) is 12.3. The van der Waals surface area contributed by atoms with E-state index in [4.69, 9.17) is 0 Å². The van der Waals surface area contributed by atoms with Crippen LogP contribution in [0, 0.1) is 6.92 Å². The highest BCUT2D eigenvalue weighted by Crippen LogP contribution is 2.23. The lowest BCUT2D eigenvalue weighted by Gasteiger charge is -2.07. The molecule has 1 aliphatic carbocycles. The van der Waals surface area contributed by atoms with Gasteiger partial charge in [-0.25, -0.2) is 9.97 Å².